The second kappa shape index (κ2) is 12.0. The zero-order valence-corrected chi connectivity index (χ0v) is 13.5. The van der Waals surface area contributed by atoms with Crippen molar-refractivity contribution in [3.05, 3.63) is 12.2 Å². The zero-order valence-electron chi connectivity index (χ0n) is 13.5. The number of hydrogen-bond donors (Lipinski definition) is 3. The molecule has 0 saturated heterocycles. The van der Waals surface area contributed by atoms with E-state index in [1.807, 2.05) is 13.8 Å². The van der Waals surface area contributed by atoms with Gasteiger partial charge in [-0.3, -0.25) is 10.3 Å². The van der Waals surface area contributed by atoms with Crippen molar-refractivity contribution >= 4 is 5.71 Å². The second-order valence-electron chi connectivity index (χ2n) is 5.05. The highest BCUT2D eigenvalue weighted by Crippen LogP contribution is 2.08. The molecule has 0 spiro atoms. The fraction of sp³-hybridized carbons (Fsp3) is 0.800. The van der Waals surface area contributed by atoms with Gasteiger partial charge < -0.3 is 15.8 Å². The molecule has 0 aliphatic rings. The Morgan fingerprint density at radius 1 is 1.30 bits per heavy atom. The van der Waals surface area contributed by atoms with Gasteiger partial charge in [0.15, 0.2) is 0 Å². The van der Waals surface area contributed by atoms with E-state index in [-0.39, 0.29) is 19.0 Å². The quantitative estimate of drug-likeness (QED) is 0.289. The molecule has 2 unspecified atom stereocenters. The van der Waals surface area contributed by atoms with E-state index in [2.05, 4.69) is 36.1 Å². The summed E-state index contributed by atoms with van der Waals surface area (Å²) in [6.45, 7) is 15.4. The number of nitrogens with zero attached hydrogens (tertiary/aromatic N) is 1. The number of hydrogen-bond acceptors (Lipinski definition) is 5. The van der Waals surface area contributed by atoms with Gasteiger partial charge in [-0.05, 0) is 45.7 Å². The van der Waals surface area contributed by atoms with Crippen molar-refractivity contribution < 1.29 is 4.74 Å². The average molecular weight is 284 g/mol. The minimum absolute atomic E-state index is 0.0826. The summed E-state index contributed by atoms with van der Waals surface area (Å²) in [4.78, 5) is 4.60. The lowest BCUT2D eigenvalue weighted by molar-refractivity contribution is 0.0724. The number of nitrogens with one attached hydrogen (secondary N) is 2. The molecule has 0 radical (unpaired) electrons. The first kappa shape index (κ1) is 19.2. The first-order valence-electron chi connectivity index (χ1n) is 7.49. The molecule has 0 bridgehead atoms. The van der Waals surface area contributed by atoms with E-state index in [0.29, 0.717) is 0 Å². The van der Waals surface area contributed by atoms with Crippen LogP contribution in [0.5, 0.6) is 0 Å². The molecule has 4 N–H and O–H groups in total. The molecule has 20 heavy (non-hydrogen) atoms. The third-order valence-electron chi connectivity index (χ3n) is 2.98. The Bertz CT molecular complexity index is 292. The van der Waals surface area contributed by atoms with Gasteiger partial charge >= 0.3 is 0 Å². The van der Waals surface area contributed by atoms with Crippen LogP contribution < -0.4 is 16.4 Å². The average Bonchev–Trinajstić information content (AvgIpc) is 2.38. The highest BCUT2D eigenvalue weighted by atomic mass is 16.5. The maximum absolute atomic E-state index is 5.35. The number of rotatable bonds is 12. The summed E-state index contributed by atoms with van der Waals surface area (Å²) in [6, 6.07) is 0. The topological polar surface area (TPSA) is 71.7 Å². The predicted molar refractivity (Wildman–Crippen MR) is 87.1 cm³/mol. The molecule has 0 aromatic heterocycles. The van der Waals surface area contributed by atoms with Crippen molar-refractivity contribution in [2.75, 3.05) is 26.4 Å². The smallest absolute Gasteiger partial charge is 0.0969 e. The van der Waals surface area contributed by atoms with Gasteiger partial charge in [-0.15, -0.1) is 0 Å². The van der Waals surface area contributed by atoms with Gasteiger partial charge in [0.05, 0.1) is 19.0 Å². The van der Waals surface area contributed by atoms with Gasteiger partial charge in [-0.1, -0.05) is 13.5 Å². The summed E-state index contributed by atoms with van der Waals surface area (Å²) >= 11 is 0. The molecule has 2 atom stereocenters. The van der Waals surface area contributed by atoms with E-state index in [9.17, 15) is 0 Å². The Labute approximate surface area is 124 Å². The molecule has 5 heteroatoms. The van der Waals surface area contributed by atoms with Crippen molar-refractivity contribution in [2.24, 2.45) is 10.7 Å². The summed E-state index contributed by atoms with van der Waals surface area (Å²) in [5.74, 6) is 0. The molecule has 0 aliphatic heterocycles. The molecular weight excluding hydrogens is 252 g/mol. The van der Waals surface area contributed by atoms with Crippen LogP contribution in [-0.4, -0.2) is 44.3 Å². The highest BCUT2D eigenvalue weighted by molar-refractivity contribution is 5.97. The summed E-state index contributed by atoms with van der Waals surface area (Å²) in [5.41, 5.74) is 7.33. The van der Waals surface area contributed by atoms with Crippen LogP contribution in [0.3, 0.4) is 0 Å². The molecule has 0 aromatic carbocycles. The lowest BCUT2D eigenvalue weighted by Gasteiger charge is -2.15. The standard InChI is InChI=1S/C15H32N4O/c1-6-7-17-8-9-18-15(5)19-14(4)12(2)10-13(3)20-11-16/h13,15,17-18H,2,6-11,16H2,1,3-5H3/b19-14-. The van der Waals surface area contributed by atoms with Crippen LogP contribution in [0.15, 0.2) is 17.1 Å². The van der Waals surface area contributed by atoms with Crippen molar-refractivity contribution in [1.29, 1.82) is 0 Å². The zero-order chi connectivity index (χ0) is 15.4. The largest absolute Gasteiger partial charge is 0.363 e. The lowest BCUT2D eigenvalue weighted by atomic mass is 10.1. The van der Waals surface area contributed by atoms with Crippen LogP contribution in [0, 0.1) is 0 Å². The van der Waals surface area contributed by atoms with Crippen LogP contribution in [0.1, 0.15) is 40.5 Å². The van der Waals surface area contributed by atoms with Gasteiger partial charge in [0.2, 0.25) is 0 Å². The van der Waals surface area contributed by atoms with E-state index in [1.54, 1.807) is 0 Å². The Hall–Kier alpha value is -0.750. The van der Waals surface area contributed by atoms with Crippen LogP contribution in [0.25, 0.3) is 0 Å². The van der Waals surface area contributed by atoms with E-state index >= 15 is 0 Å². The van der Waals surface area contributed by atoms with Crippen LogP contribution in [0.2, 0.25) is 0 Å². The first-order chi connectivity index (χ1) is 9.51. The van der Waals surface area contributed by atoms with Crippen LogP contribution in [0.4, 0.5) is 0 Å². The summed E-state index contributed by atoms with van der Waals surface area (Å²) in [7, 11) is 0. The third-order valence-corrected chi connectivity index (χ3v) is 2.98. The van der Waals surface area contributed by atoms with E-state index < -0.39 is 0 Å². The van der Waals surface area contributed by atoms with E-state index in [0.717, 1.165) is 43.8 Å². The van der Waals surface area contributed by atoms with Gasteiger partial charge in [-0.25, -0.2) is 0 Å². The third kappa shape index (κ3) is 10.1. The monoisotopic (exact) mass is 284 g/mol. The second-order valence-corrected chi connectivity index (χ2v) is 5.05. The summed E-state index contributed by atoms with van der Waals surface area (Å²) in [5, 5.41) is 6.71. The molecule has 0 saturated carbocycles. The van der Waals surface area contributed by atoms with Crippen LogP contribution >= 0.6 is 0 Å². The predicted octanol–water partition coefficient (Wildman–Crippen LogP) is 1.65. The van der Waals surface area contributed by atoms with Crippen molar-refractivity contribution in [3.8, 4) is 0 Å². The maximum atomic E-state index is 5.35. The Balaban J connectivity index is 3.98. The minimum Gasteiger partial charge on any atom is -0.363 e. The Kier molecular flexibility index (Phi) is 11.6. The Morgan fingerprint density at radius 3 is 2.60 bits per heavy atom. The molecule has 118 valence electrons. The fourth-order valence-electron chi connectivity index (χ4n) is 1.82. The normalized spacial score (nSPS) is 15.2. The SMILES string of the molecule is C=C(CC(C)OCN)/C(C)=N\C(C)NCCNCCC. The maximum Gasteiger partial charge on any atom is 0.0969 e. The number of ether oxygens (including phenoxy) is 1. The van der Waals surface area contributed by atoms with Gasteiger partial charge in [-0.2, -0.15) is 0 Å². The molecule has 0 amide bonds. The van der Waals surface area contributed by atoms with E-state index in [1.165, 1.54) is 0 Å². The minimum atomic E-state index is 0.0826. The van der Waals surface area contributed by atoms with Crippen molar-refractivity contribution in [2.45, 2.75) is 52.8 Å². The van der Waals surface area contributed by atoms with Crippen molar-refractivity contribution in [3.63, 3.8) is 0 Å². The van der Waals surface area contributed by atoms with Gasteiger partial charge in [0.1, 0.15) is 0 Å². The number of nitrogens with two attached hydrogens (primary N) is 1. The van der Waals surface area contributed by atoms with Crippen LogP contribution in [-0.2, 0) is 4.74 Å². The Morgan fingerprint density at radius 2 is 2.00 bits per heavy atom. The molecule has 0 rings (SSSR count). The highest BCUT2D eigenvalue weighted by Gasteiger charge is 2.07. The summed E-state index contributed by atoms with van der Waals surface area (Å²) < 4.78 is 5.31. The number of aliphatic imine (C=N–C) groups is 1. The molecular formula is C15H32N4O. The van der Waals surface area contributed by atoms with Gasteiger partial charge in [0, 0.05) is 18.8 Å². The fourth-order valence-corrected chi connectivity index (χ4v) is 1.82. The summed E-state index contributed by atoms with van der Waals surface area (Å²) in [6.07, 6.45) is 2.10. The van der Waals surface area contributed by atoms with Gasteiger partial charge in [0.25, 0.3) is 0 Å². The molecule has 0 heterocycles. The van der Waals surface area contributed by atoms with Crippen molar-refractivity contribution in [1.82, 2.24) is 10.6 Å². The molecule has 0 fully saturated rings. The molecule has 0 aromatic rings. The molecule has 5 nitrogen and oxygen atoms in total. The molecule has 0 aliphatic carbocycles. The first-order valence-corrected chi connectivity index (χ1v) is 7.49. The lowest BCUT2D eigenvalue weighted by Crippen LogP contribution is -2.33. The van der Waals surface area contributed by atoms with E-state index in [4.69, 9.17) is 10.5 Å².